The zero-order chi connectivity index (χ0) is 11.9. The van der Waals surface area contributed by atoms with Crippen LogP contribution in [0, 0.1) is 0 Å². The van der Waals surface area contributed by atoms with Gasteiger partial charge in [0.15, 0.2) is 6.73 Å². The van der Waals surface area contributed by atoms with Gasteiger partial charge < -0.3 is 15.4 Å². The van der Waals surface area contributed by atoms with Gasteiger partial charge in [0.1, 0.15) is 0 Å². The monoisotopic (exact) mass is 212 g/mol. The minimum atomic E-state index is -0.481. The van der Waals surface area contributed by atoms with Crippen LogP contribution in [0.5, 0.6) is 0 Å². The summed E-state index contributed by atoms with van der Waals surface area (Å²) in [5.41, 5.74) is 0.229. The molecule has 0 bridgehead atoms. The van der Waals surface area contributed by atoms with Crippen molar-refractivity contribution in [1.29, 1.82) is 0 Å². The summed E-state index contributed by atoms with van der Waals surface area (Å²) < 4.78 is 5.09. The fraction of sp³-hybridized carbons (Fsp3) is 0.545. The molecule has 4 heteroatoms. The summed E-state index contributed by atoms with van der Waals surface area (Å²) in [5, 5.41) is 5.77. The van der Waals surface area contributed by atoms with E-state index in [4.69, 9.17) is 4.74 Å². The molecule has 0 aliphatic heterocycles. The van der Waals surface area contributed by atoms with Crippen molar-refractivity contribution in [3.63, 3.8) is 0 Å². The summed E-state index contributed by atoms with van der Waals surface area (Å²) in [5.74, 6) is -0.0858. The Bertz CT molecular complexity index is 257. The van der Waals surface area contributed by atoms with Crippen molar-refractivity contribution < 1.29 is 9.53 Å². The maximum Gasteiger partial charge on any atom is 0.217 e. The van der Waals surface area contributed by atoms with Crippen LogP contribution in [0.2, 0.25) is 0 Å². The second kappa shape index (κ2) is 6.11. The fourth-order valence-corrected chi connectivity index (χ4v) is 1.01. The van der Waals surface area contributed by atoms with Crippen molar-refractivity contribution in [2.24, 2.45) is 0 Å². The number of hydrogen-bond donors (Lipinski definition) is 2. The predicted octanol–water partition coefficient (Wildman–Crippen LogP) is 1.51. The first-order chi connectivity index (χ1) is 6.90. The van der Waals surface area contributed by atoms with Gasteiger partial charge >= 0.3 is 0 Å². The third kappa shape index (κ3) is 5.78. The second-order valence-electron chi connectivity index (χ2n) is 3.74. The largest absolute Gasteiger partial charge is 0.481 e. The van der Waals surface area contributed by atoms with Gasteiger partial charge in [0.05, 0.1) is 11.8 Å². The highest BCUT2D eigenvalue weighted by molar-refractivity contribution is 5.74. The summed E-state index contributed by atoms with van der Waals surface area (Å²) in [4.78, 5) is 10.9. The first-order valence-electron chi connectivity index (χ1n) is 4.85. The van der Waals surface area contributed by atoms with Gasteiger partial charge in [-0.25, -0.2) is 0 Å². The Morgan fingerprint density at radius 1 is 1.53 bits per heavy atom. The van der Waals surface area contributed by atoms with Crippen molar-refractivity contribution in [1.82, 2.24) is 10.6 Å². The molecule has 4 nitrogen and oxygen atoms in total. The van der Waals surface area contributed by atoms with E-state index in [1.807, 2.05) is 20.8 Å². The van der Waals surface area contributed by atoms with Gasteiger partial charge in [-0.1, -0.05) is 12.7 Å². The topological polar surface area (TPSA) is 50.4 Å². The molecule has 0 aliphatic carbocycles. The average Bonchev–Trinajstić information content (AvgIpc) is 2.10. The smallest absolute Gasteiger partial charge is 0.217 e. The highest BCUT2D eigenvalue weighted by Gasteiger charge is 2.22. The lowest BCUT2D eigenvalue weighted by Crippen LogP contribution is -2.47. The minimum absolute atomic E-state index is 0.0858. The number of ether oxygens (including phenoxy) is 1. The maximum absolute atomic E-state index is 10.9. The molecule has 15 heavy (non-hydrogen) atoms. The van der Waals surface area contributed by atoms with Gasteiger partial charge in [0.25, 0.3) is 0 Å². The lowest BCUT2D eigenvalue weighted by atomic mass is 10.0. The molecule has 0 aromatic rings. The van der Waals surface area contributed by atoms with Crippen molar-refractivity contribution in [2.45, 2.75) is 33.2 Å². The van der Waals surface area contributed by atoms with E-state index in [9.17, 15) is 4.79 Å². The number of amides is 1. The summed E-state index contributed by atoms with van der Waals surface area (Å²) in [6.45, 7) is 11.3. The molecule has 0 radical (unpaired) electrons. The van der Waals surface area contributed by atoms with Crippen LogP contribution in [0.3, 0.4) is 0 Å². The van der Waals surface area contributed by atoms with E-state index in [0.717, 1.165) is 0 Å². The quantitative estimate of drug-likeness (QED) is 0.398. The lowest BCUT2D eigenvalue weighted by Gasteiger charge is -2.28. The lowest BCUT2D eigenvalue weighted by molar-refractivity contribution is -0.120. The van der Waals surface area contributed by atoms with Crippen LogP contribution in [-0.2, 0) is 9.53 Å². The van der Waals surface area contributed by atoms with E-state index in [1.165, 1.54) is 6.92 Å². The van der Waals surface area contributed by atoms with E-state index < -0.39 is 5.54 Å². The molecule has 2 N–H and O–H groups in total. The molecule has 0 aromatic heterocycles. The predicted molar refractivity (Wildman–Crippen MR) is 60.9 cm³/mol. The molecule has 86 valence electrons. The third-order valence-electron chi connectivity index (χ3n) is 1.84. The number of rotatable bonds is 6. The van der Waals surface area contributed by atoms with E-state index in [-0.39, 0.29) is 5.91 Å². The summed E-state index contributed by atoms with van der Waals surface area (Å²) in [6.07, 6.45) is 3.38. The van der Waals surface area contributed by atoms with E-state index in [1.54, 1.807) is 12.3 Å². The molecular formula is C11H20N2O2. The first kappa shape index (κ1) is 13.5. The zero-order valence-electron chi connectivity index (χ0n) is 9.89. The van der Waals surface area contributed by atoms with E-state index >= 15 is 0 Å². The van der Waals surface area contributed by atoms with Crippen LogP contribution in [-0.4, -0.2) is 18.2 Å². The third-order valence-corrected chi connectivity index (χ3v) is 1.84. The molecular weight excluding hydrogens is 192 g/mol. The summed E-state index contributed by atoms with van der Waals surface area (Å²) >= 11 is 0. The van der Waals surface area contributed by atoms with Crippen LogP contribution in [0.15, 0.2) is 24.6 Å². The summed E-state index contributed by atoms with van der Waals surface area (Å²) in [6, 6.07) is 0. The van der Waals surface area contributed by atoms with Crippen LogP contribution in [0.1, 0.15) is 27.7 Å². The number of hydrogen-bond acceptors (Lipinski definition) is 3. The van der Waals surface area contributed by atoms with Crippen molar-refractivity contribution in [3.8, 4) is 0 Å². The maximum atomic E-state index is 10.9. The van der Waals surface area contributed by atoms with Crippen molar-refractivity contribution in [3.05, 3.63) is 24.6 Å². The molecule has 0 unspecified atom stereocenters. The van der Waals surface area contributed by atoms with Gasteiger partial charge in [-0.3, -0.25) is 4.79 Å². The number of allylic oxidation sites excluding steroid dienone is 1. The highest BCUT2D eigenvalue weighted by Crippen LogP contribution is 2.10. The van der Waals surface area contributed by atoms with Crippen molar-refractivity contribution >= 4 is 5.91 Å². The normalized spacial score (nSPS) is 11.2. The number of carbonyl (C=O) groups is 1. The van der Waals surface area contributed by atoms with Gasteiger partial charge in [-0.15, -0.1) is 0 Å². The Morgan fingerprint density at radius 2 is 2.13 bits per heavy atom. The van der Waals surface area contributed by atoms with Crippen molar-refractivity contribution in [2.75, 3.05) is 6.73 Å². The fourth-order valence-electron chi connectivity index (χ4n) is 1.01. The molecule has 0 fully saturated rings. The standard InChI is InChI=1S/C11H20N2O2/c1-6-7-15-8-12-9(2)11(4,5)13-10(3)14/h6-7,12H,2,8H2,1,3-5H3,(H,13,14)/b7-6-. The minimum Gasteiger partial charge on any atom is -0.481 e. The zero-order valence-corrected chi connectivity index (χ0v) is 9.89. The van der Waals surface area contributed by atoms with Gasteiger partial charge in [-0.2, -0.15) is 0 Å². The van der Waals surface area contributed by atoms with E-state index in [2.05, 4.69) is 17.2 Å². The molecule has 0 rings (SSSR count). The van der Waals surface area contributed by atoms with Crippen LogP contribution in [0.4, 0.5) is 0 Å². The Hall–Kier alpha value is -1.45. The number of carbonyl (C=O) groups excluding carboxylic acids is 1. The highest BCUT2D eigenvalue weighted by atomic mass is 16.5. The Kier molecular flexibility index (Phi) is 5.52. The van der Waals surface area contributed by atoms with Gasteiger partial charge in [-0.05, 0) is 20.8 Å². The SMILES string of the molecule is C=C(NCO/C=C\C)C(C)(C)NC(C)=O. The molecule has 0 spiro atoms. The Labute approximate surface area is 91.4 Å². The molecule has 0 aromatic carbocycles. The van der Waals surface area contributed by atoms with Crippen LogP contribution < -0.4 is 10.6 Å². The number of nitrogens with one attached hydrogen (secondary N) is 2. The molecule has 0 saturated carbocycles. The Morgan fingerprint density at radius 3 is 2.60 bits per heavy atom. The molecule has 0 heterocycles. The molecule has 0 atom stereocenters. The van der Waals surface area contributed by atoms with Crippen LogP contribution >= 0.6 is 0 Å². The molecule has 1 amide bonds. The molecule has 0 saturated heterocycles. The summed E-state index contributed by atoms with van der Waals surface area (Å²) in [7, 11) is 0. The molecule has 0 aliphatic rings. The Balaban J connectivity index is 4.02. The second-order valence-corrected chi connectivity index (χ2v) is 3.74. The van der Waals surface area contributed by atoms with Gasteiger partial charge in [0.2, 0.25) is 5.91 Å². The van der Waals surface area contributed by atoms with E-state index in [0.29, 0.717) is 12.4 Å². The van der Waals surface area contributed by atoms with Gasteiger partial charge in [0, 0.05) is 12.6 Å². The average molecular weight is 212 g/mol. The van der Waals surface area contributed by atoms with Crippen LogP contribution in [0.25, 0.3) is 0 Å². The first-order valence-corrected chi connectivity index (χ1v) is 4.85.